The van der Waals surface area contributed by atoms with Crippen molar-refractivity contribution in [3.05, 3.63) is 77.1 Å². The van der Waals surface area contributed by atoms with E-state index < -0.39 is 0 Å². The van der Waals surface area contributed by atoms with Crippen molar-refractivity contribution in [1.29, 1.82) is 0 Å². The van der Waals surface area contributed by atoms with Crippen molar-refractivity contribution in [3.63, 3.8) is 0 Å². The summed E-state index contributed by atoms with van der Waals surface area (Å²) < 4.78 is 1.85. The molecule has 0 saturated carbocycles. The zero-order chi connectivity index (χ0) is 20.2. The molecule has 1 aliphatic heterocycles. The van der Waals surface area contributed by atoms with Crippen molar-refractivity contribution < 1.29 is 9.59 Å². The molecule has 0 radical (unpaired) electrons. The fraction of sp³-hybridized carbons (Fsp3) is 0.273. The number of aromatic nitrogens is 3. The van der Waals surface area contributed by atoms with E-state index in [0.717, 1.165) is 31.6 Å². The largest absolute Gasteiger partial charge is 0.321 e. The smallest absolute Gasteiger partial charge is 0.278 e. The van der Waals surface area contributed by atoms with Gasteiger partial charge in [-0.2, -0.15) is 0 Å². The molecule has 1 amide bonds. The number of carbonyl (C=O) groups excluding carboxylic acids is 2. The van der Waals surface area contributed by atoms with E-state index in [0.29, 0.717) is 22.5 Å². The Bertz CT molecular complexity index is 1030. The zero-order valence-electron chi connectivity index (χ0n) is 16.7. The number of hydrogen-bond acceptors (Lipinski definition) is 5. The average molecular weight is 426 g/mol. The number of anilines is 1. The Morgan fingerprint density at radius 3 is 2.47 bits per heavy atom. The van der Waals surface area contributed by atoms with E-state index in [-0.39, 0.29) is 30.1 Å². The van der Waals surface area contributed by atoms with Gasteiger partial charge in [0.1, 0.15) is 0 Å². The second-order valence-electron chi connectivity index (χ2n) is 7.18. The lowest BCUT2D eigenvalue weighted by molar-refractivity contribution is 0.101. The van der Waals surface area contributed by atoms with Gasteiger partial charge in [0.15, 0.2) is 11.5 Å². The van der Waals surface area contributed by atoms with Crippen LogP contribution in [0.25, 0.3) is 0 Å². The number of nitrogens with zero attached hydrogens (tertiary/aromatic N) is 3. The average Bonchev–Trinajstić information content (AvgIpc) is 3.16. The fourth-order valence-electron chi connectivity index (χ4n) is 3.63. The predicted octanol–water partition coefficient (Wildman–Crippen LogP) is 3.42. The molecule has 8 heteroatoms. The molecule has 1 saturated heterocycles. The predicted molar refractivity (Wildman–Crippen MR) is 117 cm³/mol. The van der Waals surface area contributed by atoms with Gasteiger partial charge in [0, 0.05) is 16.8 Å². The topological polar surface area (TPSA) is 88.9 Å². The van der Waals surface area contributed by atoms with Gasteiger partial charge in [-0.05, 0) is 45.0 Å². The molecular formula is C22H24ClN5O2. The molecule has 0 bridgehead atoms. The molecule has 0 unspecified atom stereocenters. The number of hydrogen-bond donors (Lipinski definition) is 2. The van der Waals surface area contributed by atoms with Crippen LogP contribution in [0.4, 0.5) is 5.69 Å². The van der Waals surface area contributed by atoms with Gasteiger partial charge in [-0.1, -0.05) is 47.7 Å². The standard InChI is InChI=1S/C22H23N5O2.ClH/c1-15-20(25-26-27(15)19-10-12-23-13-11-19)22(29)24-18-9-5-8-17(14-18)21(28)16-6-3-2-4-7-16;/h2-9,14,19,23H,10-13H2,1H3,(H,24,29);1H. The fourth-order valence-corrected chi connectivity index (χ4v) is 3.63. The molecule has 1 aliphatic rings. The van der Waals surface area contributed by atoms with E-state index in [1.54, 1.807) is 36.4 Å². The summed E-state index contributed by atoms with van der Waals surface area (Å²) in [6.45, 7) is 3.74. The highest BCUT2D eigenvalue weighted by atomic mass is 35.5. The van der Waals surface area contributed by atoms with Crippen LogP contribution in [0.2, 0.25) is 0 Å². The Labute approximate surface area is 181 Å². The number of piperidine rings is 1. The van der Waals surface area contributed by atoms with E-state index in [4.69, 9.17) is 0 Å². The van der Waals surface area contributed by atoms with Crippen LogP contribution in [0.3, 0.4) is 0 Å². The summed E-state index contributed by atoms with van der Waals surface area (Å²) in [7, 11) is 0. The molecule has 156 valence electrons. The number of amides is 1. The van der Waals surface area contributed by atoms with Crippen molar-refractivity contribution in [2.24, 2.45) is 0 Å². The molecule has 7 nitrogen and oxygen atoms in total. The van der Waals surface area contributed by atoms with Crippen molar-refractivity contribution in [1.82, 2.24) is 20.3 Å². The number of ketones is 1. The van der Waals surface area contributed by atoms with Gasteiger partial charge in [-0.15, -0.1) is 17.5 Å². The first-order valence-electron chi connectivity index (χ1n) is 9.77. The van der Waals surface area contributed by atoms with Crippen LogP contribution in [0, 0.1) is 6.92 Å². The van der Waals surface area contributed by atoms with E-state index in [2.05, 4.69) is 20.9 Å². The van der Waals surface area contributed by atoms with E-state index in [1.807, 2.05) is 29.8 Å². The van der Waals surface area contributed by atoms with Crippen molar-refractivity contribution in [2.45, 2.75) is 25.8 Å². The SMILES string of the molecule is Cc1c(C(=O)Nc2cccc(C(=O)c3ccccc3)c2)nnn1C1CCNCC1.Cl. The molecule has 2 aromatic carbocycles. The maximum absolute atomic E-state index is 12.8. The number of rotatable bonds is 5. The van der Waals surface area contributed by atoms with Gasteiger partial charge < -0.3 is 10.6 Å². The first-order chi connectivity index (χ1) is 14.1. The number of nitrogens with one attached hydrogen (secondary N) is 2. The van der Waals surface area contributed by atoms with Crippen molar-refractivity contribution >= 4 is 29.8 Å². The molecule has 30 heavy (non-hydrogen) atoms. The van der Waals surface area contributed by atoms with Crippen LogP contribution in [0.15, 0.2) is 54.6 Å². The van der Waals surface area contributed by atoms with Crippen LogP contribution in [-0.4, -0.2) is 39.8 Å². The first-order valence-corrected chi connectivity index (χ1v) is 9.77. The summed E-state index contributed by atoms with van der Waals surface area (Å²) in [6.07, 6.45) is 1.93. The summed E-state index contributed by atoms with van der Waals surface area (Å²) in [5.41, 5.74) is 2.74. The van der Waals surface area contributed by atoms with E-state index >= 15 is 0 Å². The lowest BCUT2D eigenvalue weighted by Crippen LogP contribution is -2.30. The molecule has 3 aromatic rings. The molecule has 1 aromatic heterocycles. The van der Waals surface area contributed by atoms with Crippen LogP contribution in [0.5, 0.6) is 0 Å². The lowest BCUT2D eigenvalue weighted by Gasteiger charge is -2.23. The summed E-state index contributed by atoms with van der Waals surface area (Å²) in [6, 6.07) is 16.3. The Morgan fingerprint density at radius 1 is 1.03 bits per heavy atom. The summed E-state index contributed by atoms with van der Waals surface area (Å²) >= 11 is 0. The van der Waals surface area contributed by atoms with Gasteiger partial charge in [0.05, 0.1) is 11.7 Å². The molecule has 0 aliphatic carbocycles. The van der Waals surface area contributed by atoms with Crippen LogP contribution >= 0.6 is 12.4 Å². The molecule has 0 spiro atoms. The van der Waals surface area contributed by atoms with E-state index in [9.17, 15) is 9.59 Å². The number of benzene rings is 2. The Hall–Kier alpha value is -3.03. The zero-order valence-corrected chi connectivity index (χ0v) is 17.5. The molecule has 1 fully saturated rings. The second kappa shape index (κ2) is 9.65. The third-order valence-electron chi connectivity index (χ3n) is 5.22. The minimum atomic E-state index is -0.327. The van der Waals surface area contributed by atoms with Gasteiger partial charge in [-0.3, -0.25) is 9.59 Å². The highest BCUT2D eigenvalue weighted by Gasteiger charge is 2.23. The molecular weight excluding hydrogens is 402 g/mol. The van der Waals surface area contributed by atoms with Crippen LogP contribution < -0.4 is 10.6 Å². The molecule has 0 atom stereocenters. The molecule has 4 rings (SSSR count). The lowest BCUT2D eigenvalue weighted by atomic mass is 10.0. The summed E-state index contributed by atoms with van der Waals surface area (Å²) in [4.78, 5) is 25.4. The van der Waals surface area contributed by atoms with Gasteiger partial charge in [-0.25, -0.2) is 4.68 Å². The van der Waals surface area contributed by atoms with Crippen molar-refractivity contribution in [2.75, 3.05) is 18.4 Å². The number of carbonyl (C=O) groups is 2. The monoisotopic (exact) mass is 425 g/mol. The van der Waals surface area contributed by atoms with Gasteiger partial charge >= 0.3 is 0 Å². The third-order valence-corrected chi connectivity index (χ3v) is 5.22. The third kappa shape index (κ3) is 4.58. The van der Waals surface area contributed by atoms with Gasteiger partial charge in [0.2, 0.25) is 0 Å². The van der Waals surface area contributed by atoms with Gasteiger partial charge in [0.25, 0.3) is 5.91 Å². The Balaban J connectivity index is 0.00000256. The summed E-state index contributed by atoms with van der Waals surface area (Å²) in [5, 5.41) is 14.5. The minimum absolute atomic E-state index is 0. The summed E-state index contributed by atoms with van der Waals surface area (Å²) in [5.74, 6) is -0.415. The number of halogens is 1. The van der Waals surface area contributed by atoms with Crippen LogP contribution in [0.1, 0.15) is 51.0 Å². The normalized spacial score (nSPS) is 14.0. The molecule has 2 heterocycles. The molecule has 2 N–H and O–H groups in total. The maximum Gasteiger partial charge on any atom is 0.278 e. The second-order valence-corrected chi connectivity index (χ2v) is 7.18. The van der Waals surface area contributed by atoms with Crippen LogP contribution in [-0.2, 0) is 0 Å². The van der Waals surface area contributed by atoms with E-state index in [1.165, 1.54) is 0 Å². The minimum Gasteiger partial charge on any atom is -0.321 e. The Morgan fingerprint density at radius 2 is 1.73 bits per heavy atom. The quantitative estimate of drug-likeness (QED) is 0.611. The highest BCUT2D eigenvalue weighted by Crippen LogP contribution is 2.21. The van der Waals surface area contributed by atoms with Crippen molar-refractivity contribution in [3.8, 4) is 0 Å². The maximum atomic E-state index is 12.8. The highest BCUT2D eigenvalue weighted by molar-refractivity contribution is 6.10. The Kier molecular flexibility index (Phi) is 6.97. The first kappa shape index (κ1) is 21.7.